The van der Waals surface area contributed by atoms with Gasteiger partial charge in [0.05, 0.1) is 13.2 Å². The highest BCUT2D eigenvalue weighted by Gasteiger charge is 2.45. The van der Waals surface area contributed by atoms with Crippen LogP contribution in [0.2, 0.25) is 0 Å². The van der Waals surface area contributed by atoms with Gasteiger partial charge in [-0.25, -0.2) is 4.39 Å². The second kappa shape index (κ2) is 9.84. The summed E-state index contributed by atoms with van der Waals surface area (Å²) >= 11 is 0. The van der Waals surface area contributed by atoms with Gasteiger partial charge in [0.1, 0.15) is 31.1 Å². The fraction of sp³-hybridized carbons (Fsp3) is 0.571. The average Bonchev–Trinajstić information content (AvgIpc) is 3.03. The first-order chi connectivity index (χ1) is 14.4. The first kappa shape index (κ1) is 22.6. The maximum atomic E-state index is 13.0. The van der Waals surface area contributed by atoms with Crippen LogP contribution in [0.1, 0.15) is 29.3 Å². The van der Waals surface area contributed by atoms with Crippen LogP contribution in [0.4, 0.5) is 4.39 Å². The van der Waals surface area contributed by atoms with E-state index in [-0.39, 0.29) is 12.4 Å². The highest BCUT2D eigenvalue weighted by Crippen LogP contribution is 2.29. The lowest BCUT2D eigenvalue weighted by Gasteiger charge is -2.39. The third kappa shape index (κ3) is 4.65. The maximum Gasteiger partial charge on any atom is 0.239 e. The van der Waals surface area contributed by atoms with E-state index in [4.69, 9.17) is 9.47 Å². The molecular weight excluding hydrogens is 395 g/mol. The molecule has 3 rings (SSSR count). The van der Waals surface area contributed by atoms with E-state index in [2.05, 4.69) is 12.0 Å². The van der Waals surface area contributed by atoms with Crippen LogP contribution in [-0.2, 0) is 24.1 Å². The summed E-state index contributed by atoms with van der Waals surface area (Å²) in [6.45, 7) is 2.76. The van der Waals surface area contributed by atoms with Crippen molar-refractivity contribution in [3.63, 3.8) is 0 Å². The van der Waals surface area contributed by atoms with Crippen molar-refractivity contribution in [1.82, 2.24) is 9.78 Å². The Bertz CT molecular complexity index is 826. The van der Waals surface area contributed by atoms with Gasteiger partial charge in [-0.05, 0) is 24.5 Å². The van der Waals surface area contributed by atoms with Crippen LogP contribution >= 0.6 is 0 Å². The zero-order valence-corrected chi connectivity index (χ0v) is 17.1. The Morgan fingerprint density at radius 3 is 2.37 bits per heavy atom. The van der Waals surface area contributed by atoms with Gasteiger partial charge in [0.15, 0.2) is 0 Å². The van der Waals surface area contributed by atoms with Crippen molar-refractivity contribution in [1.29, 1.82) is 0 Å². The summed E-state index contributed by atoms with van der Waals surface area (Å²) in [5.74, 6) is 0.143. The third-order valence-corrected chi connectivity index (χ3v) is 5.48. The number of halogens is 1. The first-order valence-corrected chi connectivity index (χ1v) is 10.1. The number of aromatic nitrogens is 2. The smallest absolute Gasteiger partial charge is 0.239 e. The minimum Gasteiger partial charge on any atom is -0.443 e. The topological polar surface area (TPSA) is 117 Å². The number of hydrogen-bond acceptors (Lipinski definition) is 7. The zero-order valence-electron chi connectivity index (χ0n) is 17.1. The monoisotopic (exact) mass is 424 g/mol. The molecule has 0 bridgehead atoms. The van der Waals surface area contributed by atoms with E-state index in [1.54, 1.807) is 6.92 Å². The van der Waals surface area contributed by atoms with Crippen molar-refractivity contribution in [3.8, 4) is 5.88 Å². The summed E-state index contributed by atoms with van der Waals surface area (Å²) in [4.78, 5) is 0. The lowest BCUT2D eigenvalue weighted by molar-refractivity contribution is -0.278. The van der Waals surface area contributed by atoms with E-state index in [0.717, 1.165) is 12.0 Å². The molecule has 1 saturated heterocycles. The Hall–Kier alpha value is -2.04. The summed E-state index contributed by atoms with van der Waals surface area (Å²) in [6, 6.07) is 8.08. The fourth-order valence-electron chi connectivity index (χ4n) is 3.52. The van der Waals surface area contributed by atoms with Crippen molar-refractivity contribution in [2.24, 2.45) is 0 Å². The molecule has 2 heterocycles. The molecule has 9 heteroatoms. The van der Waals surface area contributed by atoms with E-state index in [0.29, 0.717) is 17.7 Å². The van der Waals surface area contributed by atoms with Crippen molar-refractivity contribution in [2.75, 3.05) is 13.3 Å². The number of benzene rings is 1. The SMILES string of the molecule is CCc1ccc(Cc2c(O[C@H]3O[C@H](CO)[C@@H](O)[C@H](O)[C@H]3O)nn(CCF)c2C)cc1. The molecule has 0 amide bonds. The summed E-state index contributed by atoms with van der Waals surface area (Å²) in [6.07, 6.45) is -5.63. The van der Waals surface area contributed by atoms with E-state index in [1.165, 1.54) is 10.2 Å². The Balaban J connectivity index is 1.88. The lowest BCUT2D eigenvalue weighted by Crippen LogP contribution is -2.60. The van der Waals surface area contributed by atoms with Gasteiger partial charge in [-0.1, -0.05) is 31.2 Å². The third-order valence-electron chi connectivity index (χ3n) is 5.48. The molecule has 1 aliphatic heterocycles. The number of rotatable bonds is 8. The minimum absolute atomic E-state index is 0.0473. The standard InChI is InChI=1S/C21H29FN2O6/c1-3-13-4-6-14(7-5-13)10-15-12(2)24(9-8-22)23-20(15)30-21-19(28)18(27)17(26)16(11-25)29-21/h4-7,16-19,21,25-28H,3,8-11H2,1-2H3/t16-,17-,18+,19-,21-/m1/s1. The second-order valence-corrected chi connectivity index (χ2v) is 7.44. The first-order valence-electron chi connectivity index (χ1n) is 10.1. The van der Waals surface area contributed by atoms with Crippen LogP contribution in [0, 0.1) is 6.92 Å². The molecule has 8 nitrogen and oxygen atoms in total. The Morgan fingerprint density at radius 1 is 1.10 bits per heavy atom. The van der Waals surface area contributed by atoms with E-state index in [9.17, 15) is 24.8 Å². The molecular formula is C21H29FN2O6. The van der Waals surface area contributed by atoms with Crippen LogP contribution in [-0.4, -0.2) is 74.2 Å². The molecule has 2 aromatic rings. The molecule has 0 spiro atoms. The molecule has 1 aromatic carbocycles. The zero-order chi connectivity index (χ0) is 21.8. The largest absolute Gasteiger partial charge is 0.443 e. The van der Waals surface area contributed by atoms with Crippen molar-refractivity contribution >= 4 is 0 Å². The maximum absolute atomic E-state index is 13.0. The Labute approximate surface area is 174 Å². The highest BCUT2D eigenvalue weighted by molar-refractivity contribution is 5.37. The van der Waals surface area contributed by atoms with Crippen molar-refractivity contribution in [2.45, 2.75) is 63.9 Å². The van der Waals surface area contributed by atoms with Crippen LogP contribution < -0.4 is 4.74 Å². The van der Waals surface area contributed by atoms with Crippen molar-refractivity contribution in [3.05, 3.63) is 46.6 Å². The van der Waals surface area contributed by atoms with Crippen LogP contribution in [0.25, 0.3) is 0 Å². The summed E-state index contributed by atoms with van der Waals surface area (Å²) in [5, 5.41) is 43.9. The average molecular weight is 424 g/mol. The van der Waals surface area contributed by atoms with E-state index >= 15 is 0 Å². The molecule has 1 aromatic heterocycles. The quantitative estimate of drug-likeness (QED) is 0.487. The molecule has 30 heavy (non-hydrogen) atoms. The van der Waals surface area contributed by atoms with Crippen LogP contribution in [0.15, 0.2) is 24.3 Å². The number of ether oxygens (including phenoxy) is 2. The normalized spacial score (nSPS) is 26.7. The number of alkyl halides is 1. The molecule has 1 aliphatic rings. The number of aliphatic hydroxyl groups is 4. The molecule has 1 fully saturated rings. The Morgan fingerprint density at radius 2 is 1.77 bits per heavy atom. The van der Waals surface area contributed by atoms with Gasteiger partial charge in [-0.2, -0.15) is 0 Å². The number of nitrogens with zero attached hydrogens (tertiary/aromatic N) is 2. The molecule has 0 saturated carbocycles. The second-order valence-electron chi connectivity index (χ2n) is 7.44. The predicted octanol–water partition coefficient (Wildman–Crippen LogP) is 0.493. The highest BCUT2D eigenvalue weighted by atomic mass is 19.1. The number of aliphatic hydroxyl groups excluding tert-OH is 4. The van der Waals surface area contributed by atoms with Gasteiger partial charge in [-0.15, -0.1) is 5.10 Å². The van der Waals surface area contributed by atoms with Gasteiger partial charge in [0.25, 0.3) is 0 Å². The summed E-state index contributed by atoms with van der Waals surface area (Å²) in [7, 11) is 0. The van der Waals surface area contributed by atoms with Gasteiger partial charge < -0.3 is 29.9 Å². The molecule has 0 unspecified atom stereocenters. The van der Waals surface area contributed by atoms with Crippen LogP contribution in [0.5, 0.6) is 5.88 Å². The van der Waals surface area contributed by atoms with Gasteiger partial charge in [-0.3, -0.25) is 4.68 Å². The molecule has 0 aliphatic carbocycles. The van der Waals surface area contributed by atoms with E-state index < -0.39 is 44.0 Å². The predicted molar refractivity (Wildman–Crippen MR) is 106 cm³/mol. The minimum atomic E-state index is -1.56. The van der Waals surface area contributed by atoms with Gasteiger partial charge in [0.2, 0.25) is 12.2 Å². The molecule has 4 N–H and O–H groups in total. The molecule has 5 atom stereocenters. The number of aryl methyl sites for hydroxylation is 2. The Kier molecular flexibility index (Phi) is 7.43. The lowest BCUT2D eigenvalue weighted by atomic mass is 9.99. The van der Waals surface area contributed by atoms with Crippen LogP contribution in [0.3, 0.4) is 0 Å². The van der Waals surface area contributed by atoms with E-state index in [1.807, 2.05) is 24.3 Å². The summed E-state index contributed by atoms with van der Waals surface area (Å²) < 4.78 is 25.6. The van der Waals surface area contributed by atoms with Gasteiger partial charge >= 0.3 is 0 Å². The number of hydrogen-bond donors (Lipinski definition) is 4. The summed E-state index contributed by atoms with van der Waals surface area (Å²) in [5.41, 5.74) is 3.63. The van der Waals surface area contributed by atoms with Crippen molar-refractivity contribution < 1.29 is 34.3 Å². The molecule has 166 valence electrons. The fourth-order valence-corrected chi connectivity index (χ4v) is 3.52. The molecule has 0 radical (unpaired) electrons. The van der Waals surface area contributed by atoms with Gasteiger partial charge in [0, 0.05) is 17.7 Å².